The molecule has 3 aromatic rings. The fourth-order valence-corrected chi connectivity index (χ4v) is 2.51. The number of rotatable bonds is 3. The van der Waals surface area contributed by atoms with E-state index in [1.807, 2.05) is 48.5 Å². The van der Waals surface area contributed by atoms with Gasteiger partial charge in [0.1, 0.15) is 5.75 Å². The van der Waals surface area contributed by atoms with Crippen LogP contribution in [0.3, 0.4) is 0 Å². The van der Waals surface area contributed by atoms with Crippen molar-refractivity contribution in [1.29, 1.82) is 0 Å². The fourth-order valence-electron chi connectivity index (χ4n) is 2.29. The molecule has 0 spiro atoms. The van der Waals surface area contributed by atoms with E-state index in [1.54, 1.807) is 19.2 Å². The van der Waals surface area contributed by atoms with Gasteiger partial charge >= 0.3 is 0 Å². The summed E-state index contributed by atoms with van der Waals surface area (Å²) in [6.07, 6.45) is 0. The SMILES string of the molecule is COc1ccc2cc(C(=O)c3ccccc3Cl)ccc2c1. The number of halogens is 1. The second-order valence-electron chi connectivity index (χ2n) is 4.74. The van der Waals surface area contributed by atoms with Crippen molar-refractivity contribution < 1.29 is 9.53 Å². The van der Waals surface area contributed by atoms with E-state index < -0.39 is 0 Å². The highest BCUT2D eigenvalue weighted by Crippen LogP contribution is 2.24. The molecule has 0 aliphatic rings. The molecule has 3 rings (SSSR count). The van der Waals surface area contributed by atoms with Crippen LogP contribution in [0.15, 0.2) is 60.7 Å². The first-order chi connectivity index (χ1) is 10.2. The van der Waals surface area contributed by atoms with Gasteiger partial charge in [0.2, 0.25) is 0 Å². The van der Waals surface area contributed by atoms with Crippen LogP contribution in [0, 0.1) is 0 Å². The monoisotopic (exact) mass is 296 g/mol. The molecule has 2 nitrogen and oxygen atoms in total. The van der Waals surface area contributed by atoms with Gasteiger partial charge in [0.05, 0.1) is 12.1 Å². The number of carbonyl (C=O) groups is 1. The molecule has 3 aromatic carbocycles. The van der Waals surface area contributed by atoms with Gasteiger partial charge < -0.3 is 4.74 Å². The van der Waals surface area contributed by atoms with E-state index in [9.17, 15) is 4.79 Å². The number of ketones is 1. The lowest BCUT2D eigenvalue weighted by Gasteiger charge is -2.06. The highest BCUT2D eigenvalue weighted by atomic mass is 35.5. The molecule has 0 N–H and O–H groups in total. The molecule has 0 saturated heterocycles. The Labute approximate surface area is 127 Å². The van der Waals surface area contributed by atoms with Gasteiger partial charge in [-0.05, 0) is 41.1 Å². The van der Waals surface area contributed by atoms with E-state index in [0.717, 1.165) is 16.5 Å². The van der Waals surface area contributed by atoms with Crippen molar-refractivity contribution >= 4 is 28.2 Å². The van der Waals surface area contributed by atoms with Gasteiger partial charge in [0.25, 0.3) is 0 Å². The minimum atomic E-state index is -0.0710. The van der Waals surface area contributed by atoms with Gasteiger partial charge in [-0.25, -0.2) is 0 Å². The maximum atomic E-state index is 12.5. The Hall–Kier alpha value is -2.32. The van der Waals surface area contributed by atoms with Crippen LogP contribution >= 0.6 is 11.6 Å². The van der Waals surface area contributed by atoms with Crippen LogP contribution in [0.2, 0.25) is 5.02 Å². The zero-order chi connectivity index (χ0) is 14.8. The number of ether oxygens (including phenoxy) is 1. The lowest BCUT2D eigenvalue weighted by molar-refractivity contribution is 0.103. The maximum Gasteiger partial charge on any atom is 0.194 e. The Morgan fingerprint density at radius 3 is 2.43 bits per heavy atom. The number of hydrogen-bond acceptors (Lipinski definition) is 2. The molecule has 0 heterocycles. The summed E-state index contributed by atoms with van der Waals surface area (Å²) in [6, 6.07) is 18.5. The molecule has 0 unspecified atom stereocenters. The number of fused-ring (bicyclic) bond motifs is 1. The number of carbonyl (C=O) groups excluding carboxylic acids is 1. The highest BCUT2D eigenvalue weighted by Gasteiger charge is 2.12. The lowest BCUT2D eigenvalue weighted by Crippen LogP contribution is -2.01. The Morgan fingerprint density at radius 2 is 1.67 bits per heavy atom. The number of benzene rings is 3. The Kier molecular flexibility index (Phi) is 3.63. The van der Waals surface area contributed by atoms with Gasteiger partial charge in [-0.2, -0.15) is 0 Å². The first kappa shape index (κ1) is 13.7. The Balaban J connectivity index is 2.05. The quantitative estimate of drug-likeness (QED) is 0.653. The molecule has 0 radical (unpaired) electrons. The summed E-state index contributed by atoms with van der Waals surface area (Å²) in [4.78, 5) is 12.5. The molecule has 3 heteroatoms. The van der Waals surface area contributed by atoms with Gasteiger partial charge in [0, 0.05) is 11.1 Å². The van der Waals surface area contributed by atoms with Crippen LogP contribution in [0.4, 0.5) is 0 Å². The molecular weight excluding hydrogens is 284 g/mol. The molecule has 0 aliphatic carbocycles. The third-order valence-electron chi connectivity index (χ3n) is 3.43. The van der Waals surface area contributed by atoms with Crippen LogP contribution in [0.1, 0.15) is 15.9 Å². The topological polar surface area (TPSA) is 26.3 Å². The average Bonchev–Trinajstić information content (AvgIpc) is 2.53. The van der Waals surface area contributed by atoms with Crippen molar-refractivity contribution in [3.05, 3.63) is 76.8 Å². The fraction of sp³-hybridized carbons (Fsp3) is 0.0556. The second-order valence-corrected chi connectivity index (χ2v) is 5.14. The molecule has 0 atom stereocenters. The maximum absolute atomic E-state index is 12.5. The van der Waals surface area contributed by atoms with Crippen molar-refractivity contribution in [2.75, 3.05) is 7.11 Å². The third-order valence-corrected chi connectivity index (χ3v) is 3.76. The number of hydrogen-bond donors (Lipinski definition) is 0. The van der Waals surface area contributed by atoms with Crippen LogP contribution in [0.5, 0.6) is 5.75 Å². The van der Waals surface area contributed by atoms with Crippen molar-refractivity contribution in [2.45, 2.75) is 0 Å². The average molecular weight is 297 g/mol. The first-order valence-corrected chi connectivity index (χ1v) is 6.94. The van der Waals surface area contributed by atoms with Gasteiger partial charge in [-0.3, -0.25) is 4.79 Å². The summed E-state index contributed by atoms with van der Waals surface area (Å²) >= 11 is 6.09. The van der Waals surface area contributed by atoms with Crippen molar-refractivity contribution in [1.82, 2.24) is 0 Å². The summed E-state index contributed by atoms with van der Waals surface area (Å²) in [5, 5.41) is 2.50. The number of methoxy groups -OCH3 is 1. The van der Waals surface area contributed by atoms with Crippen LogP contribution in [0.25, 0.3) is 10.8 Å². The Bertz CT molecular complexity index is 824. The van der Waals surface area contributed by atoms with Crippen molar-refractivity contribution in [3.63, 3.8) is 0 Å². The summed E-state index contributed by atoms with van der Waals surface area (Å²) in [5.41, 5.74) is 1.15. The van der Waals surface area contributed by atoms with Crippen molar-refractivity contribution in [3.8, 4) is 5.75 Å². The van der Waals surface area contributed by atoms with E-state index >= 15 is 0 Å². The Morgan fingerprint density at radius 1 is 0.952 bits per heavy atom. The molecule has 0 fully saturated rings. The largest absolute Gasteiger partial charge is 0.497 e. The predicted octanol–water partition coefficient (Wildman–Crippen LogP) is 4.73. The standard InChI is InChI=1S/C18H13ClO2/c1-21-15-9-8-12-10-14(7-6-13(12)11-15)18(20)16-4-2-3-5-17(16)19/h2-11H,1H3. The van der Waals surface area contributed by atoms with Gasteiger partial charge in [0.15, 0.2) is 5.78 Å². The first-order valence-electron chi connectivity index (χ1n) is 6.56. The minimum Gasteiger partial charge on any atom is -0.497 e. The molecule has 0 aromatic heterocycles. The molecule has 0 aliphatic heterocycles. The lowest BCUT2D eigenvalue weighted by atomic mass is 10.00. The smallest absolute Gasteiger partial charge is 0.194 e. The summed E-state index contributed by atoms with van der Waals surface area (Å²) in [6.45, 7) is 0. The normalized spacial score (nSPS) is 10.6. The molecule has 0 saturated carbocycles. The molecule has 0 amide bonds. The van der Waals surface area contributed by atoms with E-state index in [1.165, 1.54) is 0 Å². The van der Waals surface area contributed by atoms with Crippen LogP contribution in [-0.2, 0) is 0 Å². The molecule has 21 heavy (non-hydrogen) atoms. The molecular formula is C18H13ClO2. The van der Waals surface area contributed by atoms with Gasteiger partial charge in [-0.1, -0.05) is 41.9 Å². The molecule has 0 bridgehead atoms. The summed E-state index contributed by atoms with van der Waals surface area (Å²) < 4.78 is 5.20. The minimum absolute atomic E-state index is 0.0710. The van der Waals surface area contributed by atoms with Crippen LogP contribution in [-0.4, -0.2) is 12.9 Å². The zero-order valence-electron chi connectivity index (χ0n) is 11.5. The van der Waals surface area contributed by atoms with E-state index in [0.29, 0.717) is 16.1 Å². The second kappa shape index (κ2) is 5.58. The van der Waals surface area contributed by atoms with Gasteiger partial charge in [-0.15, -0.1) is 0 Å². The zero-order valence-corrected chi connectivity index (χ0v) is 12.2. The van der Waals surface area contributed by atoms with E-state index in [2.05, 4.69) is 0 Å². The van der Waals surface area contributed by atoms with Crippen molar-refractivity contribution in [2.24, 2.45) is 0 Å². The molecule has 104 valence electrons. The third kappa shape index (κ3) is 2.63. The van der Waals surface area contributed by atoms with Crippen LogP contribution < -0.4 is 4.74 Å². The summed E-state index contributed by atoms with van der Waals surface area (Å²) in [5.74, 6) is 0.728. The summed E-state index contributed by atoms with van der Waals surface area (Å²) in [7, 11) is 1.64. The van der Waals surface area contributed by atoms with E-state index in [4.69, 9.17) is 16.3 Å². The van der Waals surface area contributed by atoms with E-state index in [-0.39, 0.29) is 5.78 Å². The predicted molar refractivity (Wildman–Crippen MR) is 85.4 cm³/mol. The highest BCUT2D eigenvalue weighted by molar-refractivity contribution is 6.35.